The van der Waals surface area contributed by atoms with Gasteiger partial charge in [0.1, 0.15) is 11.3 Å². The number of nitrogens with one attached hydrogen (secondary N) is 1. The third kappa shape index (κ3) is 3.46. The molecule has 3 aromatic heterocycles. The van der Waals surface area contributed by atoms with Crippen molar-refractivity contribution in [1.82, 2.24) is 14.7 Å². The number of carbonyl (C=O) groups is 2. The van der Waals surface area contributed by atoms with E-state index in [1.165, 1.54) is 18.4 Å². The quantitative estimate of drug-likeness (QED) is 0.723. The van der Waals surface area contributed by atoms with Crippen LogP contribution in [0.5, 0.6) is 0 Å². The summed E-state index contributed by atoms with van der Waals surface area (Å²) >= 11 is 1.48. The van der Waals surface area contributed by atoms with E-state index in [-0.39, 0.29) is 18.3 Å². The molecule has 0 spiro atoms. The van der Waals surface area contributed by atoms with Crippen LogP contribution in [0.1, 0.15) is 33.4 Å². The van der Waals surface area contributed by atoms with Crippen molar-refractivity contribution < 1.29 is 14.3 Å². The van der Waals surface area contributed by atoms with Crippen LogP contribution in [0.3, 0.4) is 0 Å². The van der Waals surface area contributed by atoms with Gasteiger partial charge in [-0.15, -0.1) is 11.3 Å². The summed E-state index contributed by atoms with van der Waals surface area (Å²) in [6, 6.07) is 7.18. The van der Waals surface area contributed by atoms with Crippen molar-refractivity contribution >= 4 is 28.9 Å². The molecule has 1 amide bonds. The third-order valence-corrected chi connectivity index (χ3v) is 4.62. The number of hydrogen-bond acceptors (Lipinski definition) is 5. The zero-order valence-corrected chi connectivity index (χ0v) is 14.2. The van der Waals surface area contributed by atoms with Gasteiger partial charge in [-0.25, -0.2) is 4.98 Å². The first-order valence-electron chi connectivity index (χ1n) is 7.43. The van der Waals surface area contributed by atoms with Gasteiger partial charge in [-0.3, -0.25) is 9.59 Å². The largest absolute Gasteiger partial charge is 0.469 e. The molecular weight excluding hydrogens is 326 g/mol. The SMILES string of the molecule is COC(=O)C[C@@H](NC(=O)c1cn2ccc(C)cc2n1)c1cccs1. The lowest BCUT2D eigenvalue weighted by atomic mass is 10.1. The summed E-state index contributed by atoms with van der Waals surface area (Å²) in [6.45, 7) is 1.97. The fourth-order valence-corrected chi connectivity index (χ4v) is 3.17. The number of hydrogen-bond donors (Lipinski definition) is 1. The molecule has 6 nitrogen and oxygen atoms in total. The average molecular weight is 343 g/mol. The molecule has 1 N–H and O–H groups in total. The molecule has 3 rings (SSSR count). The third-order valence-electron chi connectivity index (χ3n) is 3.64. The van der Waals surface area contributed by atoms with Crippen molar-refractivity contribution in [3.8, 4) is 0 Å². The summed E-state index contributed by atoms with van der Waals surface area (Å²) in [7, 11) is 1.33. The normalized spacial score (nSPS) is 12.1. The molecule has 1 atom stereocenters. The van der Waals surface area contributed by atoms with Crippen LogP contribution in [0.15, 0.2) is 42.0 Å². The molecule has 0 aliphatic heterocycles. The number of thiophene rings is 1. The number of rotatable bonds is 5. The summed E-state index contributed by atoms with van der Waals surface area (Å²) in [5.74, 6) is -0.696. The van der Waals surface area contributed by atoms with Gasteiger partial charge in [-0.05, 0) is 36.1 Å². The minimum absolute atomic E-state index is 0.0786. The van der Waals surface area contributed by atoms with Crippen molar-refractivity contribution in [1.29, 1.82) is 0 Å². The van der Waals surface area contributed by atoms with E-state index in [1.54, 1.807) is 10.6 Å². The minimum Gasteiger partial charge on any atom is -0.469 e. The molecule has 0 fully saturated rings. The second-order valence-electron chi connectivity index (χ2n) is 5.42. The molecule has 0 radical (unpaired) electrons. The van der Waals surface area contributed by atoms with Crippen LogP contribution in [-0.2, 0) is 9.53 Å². The number of aryl methyl sites for hydroxylation is 1. The first kappa shape index (κ1) is 16.2. The first-order chi connectivity index (χ1) is 11.6. The maximum atomic E-state index is 12.5. The van der Waals surface area contributed by atoms with E-state index in [2.05, 4.69) is 10.3 Å². The van der Waals surface area contributed by atoms with Gasteiger partial charge in [0, 0.05) is 17.3 Å². The summed E-state index contributed by atoms with van der Waals surface area (Å²) < 4.78 is 6.52. The van der Waals surface area contributed by atoms with Crippen LogP contribution in [0.25, 0.3) is 5.65 Å². The lowest BCUT2D eigenvalue weighted by Gasteiger charge is -2.15. The predicted molar refractivity (Wildman–Crippen MR) is 91.1 cm³/mol. The molecular formula is C17H17N3O3S. The van der Waals surface area contributed by atoms with E-state index < -0.39 is 6.04 Å². The molecule has 0 aromatic carbocycles. The van der Waals surface area contributed by atoms with Crippen LogP contribution >= 0.6 is 11.3 Å². The summed E-state index contributed by atoms with van der Waals surface area (Å²) in [5, 5.41) is 4.77. The van der Waals surface area contributed by atoms with Crippen molar-refractivity contribution in [2.24, 2.45) is 0 Å². The van der Waals surface area contributed by atoms with E-state index in [0.717, 1.165) is 10.4 Å². The van der Waals surface area contributed by atoms with Crippen molar-refractivity contribution in [2.75, 3.05) is 7.11 Å². The van der Waals surface area contributed by atoms with Crippen molar-refractivity contribution in [3.05, 3.63) is 58.2 Å². The number of carbonyl (C=O) groups excluding carboxylic acids is 2. The number of imidazole rings is 1. The van der Waals surface area contributed by atoms with Crippen LogP contribution in [0.4, 0.5) is 0 Å². The van der Waals surface area contributed by atoms with Gasteiger partial charge >= 0.3 is 5.97 Å². The fourth-order valence-electron chi connectivity index (χ4n) is 2.39. The maximum absolute atomic E-state index is 12.5. The topological polar surface area (TPSA) is 72.7 Å². The van der Waals surface area contributed by atoms with Gasteiger partial charge in [-0.2, -0.15) is 0 Å². The molecule has 124 valence electrons. The summed E-state index contributed by atoms with van der Waals surface area (Å²) in [6.07, 6.45) is 3.61. The number of aromatic nitrogens is 2. The Labute approximate surface area is 143 Å². The van der Waals surface area contributed by atoms with E-state index in [4.69, 9.17) is 4.74 Å². The van der Waals surface area contributed by atoms with E-state index in [9.17, 15) is 9.59 Å². The van der Waals surface area contributed by atoms with Gasteiger partial charge < -0.3 is 14.5 Å². The summed E-state index contributed by atoms with van der Waals surface area (Å²) in [4.78, 5) is 29.4. The highest BCUT2D eigenvalue weighted by Crippen LogP contribution is 2.23. The van der Waals surface area contributed by atoms with Crippen molar-refractivity contribution in [2.45, 2.75) is 19.4 Å². The molecule has 3 heterocycles. The number of nitrogens with zero attached hydrogens (tertiary/aromatic N) is 2. The van der Waals surface area contributed by atoms with Gasteiger partial charge in [0.25, 0.3) is 5.91 Å². The molecule has 0 aliphatic rings. The zero-order valence-electron chi connectivity index (χ0n) is 13.4. The van der Waals surface area contributed by atoms with Gasteiger partial charge in [0.2, 0.25) is 0 Å². The monoisotopic (exact) mass is 343 g/mol. The van der Waals surface area contributed by atoms with E-state index in [0.29, 0.717) is 11.3 Å². The fraction of sp³-hybridized carbons (Fsp3) is 0.235. The van der Waals surface area contributed by atoms with Gasteiger partial charge in [0.05, 0.1) is 19.6 Å². The molecule has 0 unspecified atom stereocenters. The second-order valence-corrected chi connectivity index (χ2v) is 6.40. The second kappa shape index (κ2) is 6.84. The lowest BCUT2D eigenvalue weighted by Crippen LogP contribution is -2.30. The molecule has 3 aromatic rings. The van der Waals surface area contributed by atoms with Crippen LogP contribution in [0.2, 0.25) is 0 Å². The Balaban J connectivity index is 1.82. The van der Waals surface area contributed by atoms with Crippen LogP contribution in [-0.4, -0.2) is 28.4 Å². The van der Waals surface area contributed by atoms with Crippen LogP contribution in [0, 0.1) is 6.92 Å². The molecule has 0 saturated carbocycles. The van der Waals surface area contributed by atoms with Gasteiger partial charge in [-0.1, -0.05) is 6.07 Å². The predicted octanol–water partition coefficient (Wildman–Crippen LogP) is 2.74. The highest BCUT2D eigenvalue weighted by Gasteiger charge is 2.21. The molecule has 7 heteroatoms. The van der Waals surface area contributed by atoms with E-state index in [1.807, 2.05) is 42.8 Å². The Morgan fingerprint density at radius 2 is 2.25 bits per heavy atom. The summed E-state index contributed by atoms with van der Waals surface area (Å²) in [5.41, 5.74) is 2.09. The zero-order chi connectivity index (χ0) is 17.1. The molecule has 24 heavy (non-hydrogen) atoms. The Morgan fingerprint density at radius 3 is 2.96 bits per heavy atom. The smallest absolute Gasteiger partial charge is 0.307 e. The average Bonchev–Trinajstić information content (AvgIpc) is 3.22. The number of amides is 1. The molecule has 0 bridgehead atoms. The molecule has 0 aliphatic carbocycles. The Hall–Kier alpha value is -2.67. The highest BCUT2D eigenvalue weighted by molar-refractivity contribution is 7.10. The number of esters is 1. The number of pyridine rings is 1. The number of ether oxygens (including phenoxy) is 1. The van der Waals surface area contributed by atoms with Gasteiger partial charge in [0.15, 0.2) is 0 Å². The Bertz CT molecular complexity index is 870. The minimum atomic E-state index is -0.434. The highest BCUT2D eigenvalue weighted by atomic mass is 32.1. The Morgan fingerprint density at radius 1 is 1.42 bits per heavy atom. The lowest BCUT2D eigenvalue weighted by molar-refractivity contribution is -0.141. The van der Waals surface area contributed by atoms with Crippen molar-refractivity contribution in [3.63, 3.8) is 0 Å². The standard InChI is InChI=1S/C17H17N3O3S/c1-11-5-6-20-10-13(18-15(20)8-11)17(22)19-12(9-16(21)23-2)14-4-3-7-24-14/h3-8,10,12H,9H2,1-2H3,(H,19,22)/t12-/m1/s1. The van der Waals surface area contributed by atoms with E-state index >= 15 is 0 Å². The Kier molecular flexibility index (Phi) is 4.61. The molecule has 0 saturated heterocycles. The van der Waals surface area contributed by atoms with Crippen LogP contribution < -0.4 is 5.32 Å². The number of methoxy groups -OCH3 is 1. The maximum Gasteiger partial charge on any atom is 0.307 e. The number of fused-ring (bicyclic) bond motifs is 1. The first-order valence-corrected chi connectivity index (χ1v) is 8.31.